The number of anilines is 1. The normalized spacial score (nSPS) is 13.6. The third-order valence-corrected chi connectivity index (χ3v) is 4.50. The molecule has 1 saturated carbocycles. The molecule has 0 radical (unpaired) electrons. The molecule has 126 valence electrons. The zero-order chi connectivity index (χ0) is 17.1. The number of hydrogen-bond acceptors (Lipinski definition) is 4. The number of rotatable bonds is 6. The van der Waals surface area contributed by atoms with Crippen LogP contribution in [0.25, 0.3) is 0 Å². The average molecular weight is 390 g/mol. The van der Waals surface area contributed by atoms with Crippen LogP contribution in [0.1, 0.15) is 35.7 Å². The number of carbonyl (C=O) groups excluding carboxylic acids is 1. The molecule has 1 heterocycles. The first-order chi connectivity index (χ1) is 11.6. The van der Waals surface area contributed by atoms with Gasteiger partial charge in [-0.25, -0.2) is 4.98 Å². The van der Waals surface area contributed by atoms with E-state index in [1.165, 1.54) is 12.8 Å². The van der Waals surface area contributed by atoms with Crippen LogP contribution >= 0.6 is 15.9 Å². The third-order valence-electron chi connectivity index (χ3n) is 4.01. The summed E-state index contributed by atoms with van der Waals surface area (Å²) in [6.07, 6.45) is 3.97. The average Bonchev–Trinajstić information content (AvgIpc) is 3.39. The number of nitrogens with one attached hydrogen (secondary N) is 1. The molecule has 1 aromatic heterocycles. The van der Waals surface area contributed by atoms with Crippen LogP contribution in [0.15, 0.2) is 41.0 Å². The van der Waals surface area contributed by atoms with Crippen molar-refractivity contribution in [3.8, 4) is 5.75 Å². The van der Waals surface area contributed by atoms with Gasteiger partial charge in [0.05, 0.1) is 5.56 Å². The molecule has 6 heteroatoms. The van der Waals surface area contributed by atoms with Crippen LogP contribution in [0.5, 0.6) is 5.75 Å². The van der Waals surface area contributed by atoms with Crippen LogP contribution in [0.2, 0.25) is 0 Å². The molecule has 0 unspecified atom stereocenters. The number of hydrogen-bond donors (Lipinski definition) is 2. The van der Waals surface area contributed by atoms with Crippen molar-refractivity contribution in [1.82, 2.24) is 9.88 Å². The lowest BCUT2D eigenvalue weighted by molar-refractivity contribution is 0.0751. The zero-order valence-corrected chi connectivity index (χ0v) is 15.1. The largest absolute Gasteiger partial charge is 0.508 e. The molecular formula is C18H20BrN3O2. The van der Waals surface area contributed by atoms with Gasteiger partial charge < -0.3 is 15.3 Å². The molecule has 1 amide bonds. The van der Waals surface area contributed by atoms with Crippen LogP contribution in [0.4, 0.5) is 5.82 Å². The Morgan fingerprint density at radius 3 is 2.79 bits per heavy atom. The molecule has 24 heavy (non-hydrogen) atoms. The highest BCUT2D eigenvalue weighted by molar-refractivity contribution is 9.10. The number of carbonyl (C=O) groups is 1. The van der Waals surface area contributed by atoms with E-state index >= 15 is 0 Å². The van der Waals surface area contributed by atoms with E-state index in [0.717, 1.165) is 10.3 Å². The van der Waals surface area contributed by atoms with Gasteiger partial charge in [-0.2, -0.15) is 0 Å². The van der Waals surface area contributed by atoms with Crippen LogP contribution in [0.3, 0.4) is 0 Å². The monoisotopic (exact) mass is 389 g/mol. The highest BCUT2D eigenvalue weighted by Gasteiger charge is 2.21. The highest BCUT2D eigenvalue weighted by atomic mass is 79.9. The van der Waals surface area contributed by atoms with E-state index in [4.69, 9.17) is 0 Å². The van der Waals surface area contributed by atoms with E-state index in [-0.39, 0.29) is 11.7 Å². The lowest BCUT2D eigenvalue weighted by Crippen LogP contribution is -2.30. The van der Waals surface area contributed by atoms with Crippen molar-refractivity contribution in [2.45, 2.75) is 32.4 Å². The Morgan fingerprint density at radius 2 is 2.17 bits per heavy atom. The second-order valence-electron chi connectivity index (χ2n) is 5.94. The summed E-state index contributed by atoms with van der Waals surface area (Å²) in [7, 11) is 0. The molecule has 0 bridgehead atoms. The Morgan fingerprint density at radius 1 is 1.38 bits per heavy atom. The van der Waals surface area contributed by atoms with Gasteiger partial charge in [-0.15, -0.1) is 0 Å². The van der Waals surface area contributed by atoms with Crippen molar-refractivity contribution >= 4 is 27.7 Å². The van der Waals surface area contributed by atoms with Gasteiger partial charge in [0, 0.05) is 35.4 Å². The molecule has 5 nitrogen and oxygen atoms in total. The molecule has 0 saturated heterocycles. The molecule has 2 aromatic rings. The van der Waals surface area contributed by atoms with Gasteiger partial charge in [-0.05, 0) is 50.1 Å². The molecule has 2 N–H and O–H groups in total. The topological polar surface area (TPSA) is 65.5 Å². The summed E-state index contributed by atoms with van der Waals surface area (Å²) in [5, 5.41) is 13.3. The van der Waals surface area contributed by atoms with Gasteiger partial charge in [0.15, 0.2) is 0 Å². The number of aromatic hydroxyl groups is 1. The first-order valence-electron chi connectivity index (χ1n) is 8.06. The van der Waals surface area contributed by atoms with Gasteiger partial charge in [0.2, 0.25) is 0 Å². The van der Waals surface area contributed by atoms with Gasteiger partial charge in [-0.3, -0.25) is 4.79 Å². The number of nitrogens with zero attached hydrogens (tertiary/aromatic N) is 2. The Balaban J connectivity index is 1.72. The number of phenols is 1. The Bertz CT molecular complexity index is 730. The Labute approximate surface area is 149 Å². The summed E-state index contributed by atoms with van der Waals surface area (Å²) in [4.78, 5) is 18.7. The van der Waals surface area contributed by atoms with Crippen molar-refractivity contribution in [3.05, 3.63) is 52.1 Å². The summed E-state index contributed by atoms with van der Waals surface area (Å²) >= 11 is 3.39. The number of aromatic nitrogens is 1. The first-order valence-corrected chi connectivity index (χ1v) is 8.85. The molecule has 0 atom stereocenters. The van der Waals surface area contributed by atoms with E-state index in [1.54, 1.807) is 29.3 Å². The van der Waals surface area contributed by atoms with Crippen molar-refractivity contribution in [2.24, 2.45) is 0 Å². The fourth-order valence-electron chi connectivity index (χ4n) is 2.44. The molecular weight excluding hydrogens is 370 g/mol. The maximum atomic E-state index is 12.7. The lowest BCUT2D eigenvalue weighted by Gasteiger charge is -2.21. The smallest absolute Gasteiger partial charge is 0.255 e. The van der Waals surface area contributed by atoms with Crippen LogP contribution in [-0.4, -0.2) is 33.5 Å². The van der Waals surface area contributed by atoms with Crippen LogP contribution in [-0.2, 0) is 6.54 Å². The first kappa shape index (κ1) is 16.8. The van der Waals surface area contributed by atoms with Gasteiger partial charge >= 0.3 is 0 Å². The minimum Gasteiger partial charge on any atom is -0.508 e. The maximum absolute atomic E-state index is 12.7. The molecule has 0 aliphatic heterocycles. The molecule has 0 spiro atoms. The minimum absolute atomic E-state index is 0.0950. The summed E-state index contributed by atoms with van der Waals surface area (Å²) in [5.74, 6) is 0.899. The number of benzene rings is 1. The predicted molar refractivity (Wildman–Crippen MR) is 97.1 cm³/mol. The van der Waals surface area contributed by atoms with Crippen LogP contribution in [0, 0.1) is 0 Å². The lowest BCUT2D eigenvalue weighted by atomic mass is 10.1. The maximum Gasteiger partial charge on any atom is 0.255 e. The quantitative estimate of drug-likeness (QED) is 0.788. The summed E-state index contributed by atoms with van der Waals surface area (Å²) in [6.45, 7) is 2.82. The zero-order valence-electron chi connectivity index (χ0n) is 13.5. The third kappa shape index (κ3) is 4.06. The van der Waals surface area contributed by atoms with Crippen molar-refractivity contribution < 1.29 is 9.90 Å². The van der Waals surface area contributed by atoms with E-state index in [2.05, 4.69) is 26.2 Å². The molecule has 1 fully saturated rings. The van der Waals surface area contributed by atoms with Gasteiger partial charge in [-0.1, -0.05) is 15.9 Å². The SMILES string of the molecule is CCN(Cc1cc(Br)ccc1O)C(=O)c1ccc(NC2CC2)nc1. The highest BCUT2D eigenvalue weighted by Crippen LogP contribution is 2.25. The fraction of sp³-hybridized carbons (Fsp3) is 0.333. The van der Waals surface area contributed by atoms with E-state index in [1.807, 2.05) is 19.1 Å². The number of phenolic OH excluding ortho intramolecular Hbond substituents is 1. The molecule has 1 aromatic carbocycles. The standard InChI is InChI=1S/C18H20BrN3O2/c1-2-22(11-13-9-14(19)4-7-16(13)23)18(24)12-3-8-17(20-10-12)21-15-5-6-15/h3-4,7-10,15,23H,2,5-6,11H2,1H3,(H,20,21). The number of halogens is 1. The second kappa shape index (κ2) is 7.21. The summed E-state index contributed by atoms with van der Waals surface area (Å²) < 4.78 is 0.871. The summed E-state index contributed by atoms with van der Waals surface area (Å²) in [6, 6.07) is 9.39. The predicted octanol–water partition coefficient (Wildman–Crippen LogP) is 3.79. The molecule has 1 aliphatic rings. The number of pyridine rings is 1. The number of amides is 1. The van der Waals surface area contributed by atoms with Crippen molar-refractivity contribution in [2.75, 3.05) is 11.9 Å². The van der Waals surface area contributed by atoms with Crippen molar-refractivity contribution in [3.63, 3.8) is 0 Å². The van der Waals surface area contributed by atoms with Crippen LogP contribution < -0.4 is 5.32 Å². The minimum atomic E-state index is -0.0950. The Hall–Kier alpha value is -2.08. The Kier molecular flexibility index (Phi) is 5.04. The van der Waals surface area contributed by atoms with Gasteiger partial charge in [0.1, 0.15) is 11.6 Å². The van der Waals surface area contributed by atoms with E-state index < -0.39 is 0 Å². The van der Waals surface area contributed by atoms with E-state index in [9.17, 15) is 9.90 Å². The van der Waals surface area contributed by atoms with Gasteiger partial charge in [0.25, 0.3) is 5.91 Å². The summed E-state index contributed by atoms with van der Waals surface area (Å²) in [5.41, 5.74) is 1.26. The second-order valence-corrected chi connectivity index (χ2v) is 6.86. The fourth-order valence-corrected chi connectivity index (χ4v) is 2.85. The molecule has 1 aliphatic carbocycles. The molecule has 3 rings (SSSR count). The van der Waals surface area contributed by atoms with Crippen molar-refractivity contribution in [1.29, 1.82) is 0 Å². The van der Waals surface area contributed by atoms with E-state index in [0.29, 0.717) is 30.3 Å².